The first-order valence-electron chi connectivity index (χ1n) is 5.66. The monoisotopic (exact) mass is 284 g/mol. The molecule has 0 saturated carbocycles. The molecule has 19 heavy (non-hydrogen) atoms. The lowest BCUT2D eigenvalue weighted by Crippen LogP contribution is -2.17. The molecular formula is C12H16N2O4S. The number of anilines is 1. The lowest BCUT2D eigenvalue weighted by molar-refractivity contribution is 0.199. The summed E-state index contributed by atoms with van der Waals surface area (Å²) in [6.45, 7) is 0.316. The van der Waals surface area contributed by atoms with E-state index >= 15 is 0 Å². The quantitative estimate of drug-likeness (QED) is 0.728. The van der Waals surface area contributed by atoms with Gasteiger partial charge in [-0.1, -0.05) is 6.07 Å². The van der Waals surface area contributed by atoms with Crippen molar-refractivity contribution in [3.8, 4) is 11.8 Å². The predicted molar refractivity (Wildman–Crippen MR) is 71.5 cm³/mol. The van der Waals surface area contributed by atoms with Crippen LogP contribution in [-0.2, 0) is 14.8 Å². The van der Waals surface area contributed by atoms with Crippen molar-refractivity contribution in [3.63, 3.8) is 0 Å². The molecule has 0 bridgehead atoms. The highest BCUT2D eigenvalue weighted by atomic mass is 32.2. The zero-order chi connectivity index (χ0) is 14.1. The summed E-state index contributed by atoms with van der Waals surface area (Å²) in [7, 11) is -1.87. The van der Waals surface area contributed by atoms with Crippen molar-refractivity contribution in [1.29, 1.82) is 5.26 Å². The highest BCUT2D eigenvalue weighted by molar-refractivity contribution is 7.92. The molecule has 1 aromatic rings. The molecule has 0 spiro atoms. The van der Waals surface area contributed by atoms with Crippen LogP contribution < -0.4 is 9.46 Å². The Morgan fingerprint density at radius 2 is 2.21 bits per heavy atom. The molecule has 1 N–H and O–H groups in total. The molecule has 0 amide bonds. The summed E-state index contributed by atoms with van der Waals surface area (Å²) in [5.74, 6) is 0.433. The third-order valence-corrected chi connectivity index (χ3v) is 3.55. The number of rotatable bonds is 8. The summed E-state index contributed by atoms with van der Waals surface area (Å²) in [6, 6.07) is 8.30. The molecule has 6 nitrogen and oxygen atoms in total. The van der Waals surface area contributed by atoms with Gasteiger partial charge in [0, 0.05) is 19.8 Å². The second kappa shape index (κ2) is 7.61. The minimum Gasteiger partial charge on any atom is -0.479 e. The Balaban J connectivity index is 2.63. The normalized spacial score (nSPS) is 10.7. The second-order valence-corrected chi connectivity index (χ2v) is 5.58. The van der Waals surface area contributed by atoms with Crippen LogP contribution in [0.15, 0.2) is 24.3 Å². The van der Waals surface area contributed by atoms with E-state index in [0.717, 1.165) is 0 Å². The molecule has 7 heteroatoms. The fourth-order valence-electron chi connectivity index (χ4n) is 1.39. The fourth-order valence-corrected chi connectivity index (χ4v) is 2.47. The number of nitriles is 1. The Hall–Kier alpha value is -1.78. The molecule has 0 aliphatic rings. The van der Waals surface area contributed by atoms with E-state index in [1.165, 1.54) is 13.2 Å². The maximum Gasteiger partial charge on any atom is 0.232 e. The van der Waals surface area contributed by atoms with Crippen molar-refractivity contribution < 1.29 is 17.9 Å². The minimum atomic E-state index is -3.39. The molecular weight excluding hydrogens is 268 g/mol. The third-order valence-electron chi connectivity index (χ3n) is 2.17. The molecule has 0 atom stereocenters. The van der Waals surface area contributed by atoms with Crippen LogP contribution in [0.2, 0.25) is 0 Å². The van der Waals surface area contributed by atoms with Gasteiger partial charge < -0.3 is 9.47 Å². The topological polar surface area (TPSA) is 88.4 Å². The van der Waals surface area contributed by atoms with Crippen LogP contribution >= 0.6 is 0 Å². The second-order valence-electron chi connectivity index (χ2n) is 3.74. The summed E-state index contributed by atoms with van der Waals surface area (Å²) >= 11 is 0. The van der Waals surface area contributed by atoms with E-state index in [1.807, 2.05) is 6.07 Å². The molecule has 1 rings (SSSR count). The van der Waals surface area contributed by atoms with E-state index < -0.39 is 10.0 Å². The summed E-state index contributed by atoms with van der Waals surface area (Å²) in [5.41, 5.74) is 0.410. The summed E-state index contributed by atoms with van der Waals surface area (Å²) in [5, 5.41) is 8.41. The maximum atomic E-state index is 11.7. The number of benzene rings is 1. The van der Waals surface area contributed by atoms with Crippen LogP contribution in [0.3, 0.4) is 0 Å². The largest absolute Gasteiger partial charge is 0.479 e. The molecule has 0 fully saturated rings. The average molecular weight is 284 g/mol. The van der Waals surface area contributed by atoms with Crippen molar-refractivity contribution in [2.45, 2.75) is 6.42 Å². The lowest BCUT2D eigenvalue weighted by atomic mass is 10.3. The Morgan fingerprint density at radius 3 is 2.89 bits per heavy atom. The van der Waals surface area contributed by atoms with E-state index in [9.17, 15) is 8.42 Å². The van der Waals surface area contributed by atoms with E-state index in [2.05, 4.69) is 4.72 Å². The molecule has 0 saturated heterocycles. The molecule has 104 valence electrons. The Morgan fingerprint density at radius 1 is 1.42 bits per heavy atom. The van der Waals surface area contributed by atoms with Gasteiger partial charge in [-0.05, 0) is 18.6 Å². The molecule has 0 aliphatic heterocycles. The van der Waals surface area contributed by atoms with Crippen LogP contribution in [0.4, 0.5) is 5.69 Å². The van der Waals surface area contributed by atoms with Crippen LogP contribution in [0.5, 0.6) is 5.75 Å². The number of ether oxygens (including phenoxy) is 2. The predicted octanol–water partition coefficient (Wildman–Crippen LogP) is 1.37. The van der Waals surface area contributed by atoms with Crippen LogP contribution in [0, 0.1) is 11.3 Å². The first-order valence-corrected chi connectivity index (χ1v) is 7.32. The standard InChI is InChI=1S/C12H16N2O4S/c1-17-7-3-9-19(15,16)14-11-4-2-5-12(10-11)18-8-6-13/h2,4-5,10,14H,3,7-9H2,1H3. The molecule has 0 unspecified atom stereocenters. The zero-order valence-electron chi connectivity index (χ0n) is 10.6. The van der Waals surface area contributed by atoms with Gasteiger partial charge in [0.15, 0.2) is 6.61 Å². The van der Waals surface area contributed by atoms with Gasteiger partial charge in [-0.3, -0.25) is 4.72 Å². The average Bonchev–Trinajstić information content (AvgIpc) is 2.36. The fraction of sp³-hybridized carbons (Fsp3) is 0.417. The van der Waals surface area contributed by atoms with E-state index in [1.54, 1.807) is 18.2 Å². The van der Waals surface area contributed by atoms with Crippen LogP contribution in [0.1, 0.15) is 6.42 Å². The molecule has 1 aromatic carbocycles. The van der Waals surface area contributed by atoms with Gasteiger partial charge in [-0.2, -0.15) is 5.26 Å². The number of nitrogens with zero attached hydrogens (tertiary/aromatic N) is 1. The van der Waals surface area contributed by atoms with Crippen LogP contribution in [-0.4, -0.2) is 34.5 Å². The van der Waals surface area contributed by atoms with Gasteiger partial charge in [0.2, 0.25) is 10.0 Å². The summed E-state index contributed by atoms with van der Waals surface area (Å²) in [4.78, 5) is 0. The van der Waals surface area contributed by atoms with Crippen molar-refractivity contribution in [2.24, 2.45) is 0 Å². The highest BCUT2D eigenvalue weighted by Crippen LogP contribution is 2.18. The molecule has 0 radical (unpaired) electrons. The first kappa shape index (κ1) is 15.3. The van der Waals surface area contributed by atoms with E-state index in [4.69, 9.17) is 14.7 Å². The van der Waals surface area contributed by atoms with Gasteiger partial charge in [0.25, 0.3) is 0 Å². The van der Waals surface area contributed by atoms with E-state index in [0.29, 0.717) is 24.5 Å². The number of hydrogen-bond acceptors (Lipinski definition) is 5. The minimum absolute atomic E-state index is 0.00980. The van der Waals surface area contributed by atoms with Gasteiger partial charge >= 0.3 is 0 Å². The Bertz CT molecular complexity index is 537. The SMILES string of the molecule is COCCCS(=O)(=O)Nc1cccc(OCC#N)c1. The van der Waals surface area contributed by atoms with E-state index in [-0.39, 0.29) is 12.4 Å². The third kappa shape index (κ3) is 6.08. The smallest absolute Gasteiger partial charge is 0.232 e. The molecule has 0 heterocycles. The maximum absolute atomic E-state index is 11.7. The van der Waals surface area contributed by atoms with Gasteiger partial charge in [-0.25, -0.2) is 8.42 Å². The highest BCUT2D eigenvalue weighted by Gasteiger charge is 2.10. The number of sulfonamides is 1. The van der Waals surface area contributed by atoms with Crippen molar-refractivity contribution in [1.82, 2.24) is 0 Å². The Labute approximate surface area is 113 Å². The van der Waals surface area contributed by atoms with Crippen molar-refractivity contribution in [3.05, 3.63) is 24.3 Å². The summed E-state index contributed by atoms with van der Waals surface area (Å²) in [6.07, 6.45) is 0.427. The summed E-state index contributed by atoms with van der Waals surface area (Å²) < 4.78 is 35.8. The Kier molecular flexibility index (Phi) is 6.12. The number of methoxy groups -OCH3 is 1. The van der Waals surface area contributed by atoms with Crippen LogP contribution in [0.25, 0.3) is 0 Å². The lowest BCUT2D eigenvalue weighted by Gasteiger charge is -2.09. The molecule has 0 aliphatic carbocycles. The molecule has 0 aromatic heterocycles. The van der Waals surface area contributed by atoms with Gasteiger partial charge in [-0.15, -0.1) is 0 Å². The first-order chi connectivity index (χ1) is 9.07. The van der Waals surface area contributed by atoms with Gasteiger partial charge in [0.1, 0.15) is 11.8 Å². The van der Waals surface area contributed by atoms with Gasteiger partial charge in [0.05, 0.1) is 11.4 Å². The zero-order valence-corrected chi connectivity index (χ0v) is 11.4. The number of nitrogens with one attached hydrogen (secondary N) is 1. The number of hydrogen-bond donors (Lipinski definition) is 1. The van der Waals surface area contributed by atoms with Crippen molar-refractivity contribution >= 4 is 15.7 Å². The van der Waals surface area contributed by atoms with Crippen molar-refractivity contribution in [2.75, 3.05) is 30.8 Å².